The molecule has 0 radical (unpaired) electrons. The Morgan fingerprint density at radius 3 is 2.37 bits per heavy atom. The van der Waals surface area contributed by atoms with Crippen LogP contribution in [0, 0.1) is 5.92 Å². The monoisotopic (exact) mass is 410 g/mol. The van der Waals surface area contributed by atoms with E-state index in [0.29, 0.717) is 44.7 Å². The highest BCUT2D eigenvalue weighted by Crippen LogP contribution is 2.24. The van der Waals surface area contributed by atoms with E-state index in [1.165, 1.54) is 0 Å². The fraction of sp³-hybridized carbons (Fsp3) is 0.391. The van der Waals surface area contributed by atoms with Crippen LogP contribution in [0.4, 0.5) is 11.4 Å². The molecule has 1 heterocycles. The van der Waals surface area contributed by atoms with Crippen LogP contribution in [0.3, 0.4) is 0 Å². The number of benzene rings is 2. The minimum Gasteiger partial charge on any atom is -0.506 e. The van der Waals surface area contributed by atoms with Crippen LogP contribution >= 0.6 is 0 Å². The van der Waals surface area contributed by atoms with Gasteiger partial charge < -0.3 is 20.6 Å². The van der Waals surface area contributed by atoms with E-state index in [1.807, 2.05) is 43.3 Å². The molecule has 1 aliphatic heterocycles. The summed E-state index contributed by atoms with van der Waals surface area (Å²) in [7, 11) is 3.99. The van der Waals surface area contributed by atoms with Gasteiger partial charge in [-0.3, -0.25) is 14.5 Å². The van der Waals surface area contributed by atoms with Gasteiger partial charge in [-0.15, -0.1) is 0 Å². The van der Waals surface area contributed by atoms with Crippen molar-refractivity contribution in [3.8, 4) is 5.75 Å². The average molecular weight is 411 g/mol. The first kappa shape index (κ1) is 21.6. The molecule has 160 valence electrons. The molecule has 1 fully saturated rings. The smallest absolute Gasteiger partial charge is 0.234 e. The Kier molecular flexibility index (Phi) is 7.30. The van der Waals surface area contributed by atoms with Gasteiger partial charge in [0.15, 0.2) is 0 Å². The molecule has 0 aromatic heterocycles. The normalized spacial score (nSPS) is 14.9. The number of amides is 2. The Morgan fingerprint density at radius 2 is 1.73 bits per heavy atom. The van der Waals surface area contributed by atoms with E-state index < -0.39 is 0 Å². The third kappa shape index (κ3) is 5.97. The van der Waals surface area contributed by atoms with Gasteiger partial charge in [0.05, 0.1) is 12.2 Å². The molecule has 0 bridgehead atoms. The second-order valence-corrected chi connectivity index (χ2v) is 7.89. The van der Waals surface area contributed by atoms with Gasteiger partial charge in [0, 0.05) is 32.2 Å². The number of hydrogen-bond donors (Lipinski definition) is 3. The Hall–Kier alpha value is -3.06. The van der Waals surface area contributed by atoms with Crippen molar-refractivity contribution in [2.24, 2.45) is 5.92 Å². The molecule has 1 saturated heterocycles. The number of carbonyl (C=O) groups is 2. The number of para-hydroxylation sites is 2. The van der Waals surface area contributed by atoms with Gasteiger partial charge in [0.1, 0.15) is 5.75 Å². The largest absolute Gasteiger partial charge is 0.506 e. The number of likely N-dealkylation sites (tertiary alicyclic amines) is 1. The summed E-state index contributed by atoms with van der Waals surface area (Å²) in [5.41, 5.74) is 2.62. The lowest BCUT2D eigenvalue weighted by Crippen LogP contribution is -2.43. The van der Waals surface area contributed by atoms with Crippen LogP contribution in [0.2, 0.25) is 0 Å². The molecule has 1 aliphatic rings. The van der Waals surface area contributed by atoms with E-state index in [0.717, 1.165) is 11.3 Å². The second-order valence-electron chi connectivity index (χ2n) is 7.89. The number of piperidine rings is 1. The second kappa shape index (κ2) is 10.1. The van der Waals surface area contributed by atoms with Gasteiger partial charge in [0.25, 0.3) is 0 Å². The summed E-state index contributed by atoms with van der Waals surface area (Å²) in [4.78, 5) is 28.9. The molecule has 0 saturated carbocycles. The maximum absolute atomic E-state index is 12.5. The van der Waals surface area contributed by atoms with E-state index in [-0.39, 0.29) is 23.5 Å². The Labute approximate surface area is 177 Å². The zero-order chi connectivity index (χ0) is 21.5. The number of carbonyl (C=O) groups excluding carboxylic acids is 2. The number of phenolic OH excluding ortho intramolecular Hbond substituents is 1. The van der Waals surface area contributed by atoms with E-state index in [1.54, 1.807) is 24.3 Å². The van der Waals surface area contributed by atoms with Crippen molar-refractivity contribution in [3.05, 3.63) is 54.1 Å². The zero-order valence-electron chi connectivity index (χ0n) is 17.6. The standard InChI is InChI=1S/C23H30N4O3/c1-26(2)19-9-7-17(8-10-19)15-24-22(29)16-27-13-11-18(12-14-27)23(30)25-20-5-3-4-6-21(20)28/h3-10,18,28H,11-16H2,1-2H3,(H,24,29)(H,25,30). The highest BCUT2D eigenvalue weighted by atomic mass is 16.3. The van der Waals surface area contributed by atoms with Crippen molar-refractivity contribution in [2.75, 3.05) is 43.9 Å². The van der Waals surface area contributed by atoms with Gasteiger partial charge in [-0.2, -0.15) is 0 Å². The molecule has 2 aromatic carbocycles. The van der Waals surface area contributed by atoms with Crippen LogP contribution in [0.5, 0.6) is 5.75 Å². The number of anilines is 2. The highest BCUT2D eigenvalue weighted by molar-refractivity contribution is 5.93. The van der Waals surface area contributed by atoms with Crippen molar-refractivity contribution < 1.29 is 14.7 Å². The molecule has 30 heavy (non-hydrogen) atoms. The number of nitrogens with zero attached hydrogens (tertiary/aromatic N) is 2. The van der Waals surface area contributed by atoms with Crippen molar-refractivity contribution in [1.82, 2.24) is 10.2 Å². The predicted molar refractivity (Wildman–Crippen MR) is 119 cm³/mol. The summed E-state index contributed by atoms with van der Waals surface area (Å²) in [6.07, 6.45) is 1.39. The first-order valence-corrected chi connectivity index (χ1v) is 10.3. The zero-order valence-corrected chi connectivity index (χ0v) is 17.6. The molecule has 3 rings (SSSR count). The quantitative estimate of drug-likeness (QED) is 0.611. The van der Waals surface area contributed by atoms with Crippen molar-refractivity contribution in [1.29, 1.82) is 0 Å². The number of aromatic hydroxyl groups is 1. The number of nitrogens with one attached hydrogen (secondary N) is 2. The number of rotatable bonds is 7. The third-order valence-corrected chi connectivity index (χ3v) is 5.43. The first-order chi connectivity index (χ1) is 14.4. The molecule has 2 aromatic rings. The Bertz CT molecular complexity index is 859. The lowest BCUT2D eigenvalue weighted by atomic mass is 9.95. The van der Waals surface area contributed by atoms with Crippen LogP contribution in [0.1, 0.15) is 18.4 Å². The summed E-state index contributed by atoms with van der Waals surface area (Å²) in [6.45, 7) is 2.24. The molecule has 0 atom stereocenters. The fourth-order valence-electron chi connectivity index (χ4n) is 3.54. The molecule has 0 aliphatic carbocycles. The van der Waals surface area contributed by atoms with Crippen molar-refractivity contribution >= 4 is 23.2 Å². The molecular weight excluding hydrogens is 380 g/mol. The van der Waals surface area contributed by atoms with Gasteiger partial charge in [0.2, 0.25) is 11.8 Å². The molecule has 0 spiro atoms. The Balaban J connectivity index is 1.39. The van der Waals surface area contributed by atoms with E-state index in [2.05, 4.69) is 15.5 Å². The maximum atomic E-state index is 12.5. The van der Waals surface area contributed by atoms with Crippen molar-refractivity contribution in [2.45, 2.75) is 19.4 Å². The van der Waals surface area contributed by atoms with Gasteiger partial charge in [-0.05, 0) is 55.8 Å². The molecule has 7 nitrogen and oxygen atoms in total. The summed E-state index contributed by atoms with van der Waals surface area (Å²) in [6, 6.07) is 14.8. The van der Waals surface area contributed by atoms with Crippen LogP contribution in [-0.4, -0.2) is 55.6 Å². The summed E-state index contributed by atoms with van der Waals surface area (Å²) < 4.78 is 0. The minimum absolute atomic E-state index is 0.0104. The molecule has 0 unspecified atom stereocenters. The van der Waals surface area contributed by atoms with Gasteiger partial charge in [-0.25, -0.2) is 0 Å². The summed E-state index contributed by atoms with van der Waals surface area (Å²) >= 11 is 0. The van der Waals surface area contributed by atoms with E-state index >= 15 is 0 Å². The van der Waals surface area contributed by atoms with E-state index in [4.69, 9.17) is 0 Å². The first-order valence-electron chi connectivity index (χ1n) is 10.3. The molecule has 3 N–H and O–H groups in total. The maximum Gasteiger partial charge on any atom is 0.234 e. The van der Waals surface area contributed by atoms with E-state index in [9.17, 15) is 14.7 Å². The number of hydrogen-bond acceptors (Lipinski definition) is 5. The fourth-order valence-corrected chi connectivity index (χ4v) is 3.54. The molecule has 2 amide bonds. The van der Waals surface area contributed by atoms with Crippen molar-refractivity contribution in [3.63, 3.8) is 0 Å². The van der Waals surface area contributed by atoms with Crippen LogP contribution in [0.25, 0.3) is 0 Å². The topological polar surface area (TPSA) is 84.9 Å². The Morgan fingerprint density at radius 1 is 1.07 bits per heavy atom. The summed E-state index contributed by atoms with van der Waals surface area (Å²) in [5.74, 6) is -0.138. The highest BCUT2D eigenvalue weighted by Gasteiger charge is 2.26. The SMILES string of the molecule is CN(C)c1ccc(CNC(=O)CN2CCC(C(=O)Nc3ccccc3O)CC2)cc1. The molecular formula is C23H30N4O3. The van der Waals surface area contributed by atoms with Gasteiger partial charge >= 0.3 is 0 Å². The van der Waals surface area contributed by atoms with Gasteiger partial charge in [-0.1, -0.05) is 24.3 Å². The summed E-state index contributed by atoms with van der Waals surface area (Å²) in [5, 5.41) is 15.6. The van der Waals surface area contributed by atoms with Crippen LogP contribution in [-0.2, 0) is 16.1 Å². The molecule has 7 heteroatoms. The minimum atomic E-state index is -0.112. The predicted octanol–water partition coefficient (Wildman–Crippen LogP) is 2.43. The lowest BCUT2D eigenvalue weighted by Gasteiger charge is -2.30. The van der Waals surface area contributed by atoms with Crippen LogP contribution in [0.15, 0.2) is 48.5 Å². The van der Waals surface area contributed by atoms with Crippen LogP contribution < -0.4 is 15.5 Å². The average Bonchev–Trinajstić information content (AvgIpc) is 2.74. The lowest BCUT2D eigenvalue weighted by molar-refractivity contribution is -0.123. The number of phenols is 1. The third-order valence-electron chi connectivity index (χ3n) is 5.43.